The molecule has 0 unspecified atom stereocenters. The molecule has 174 valence electrons. The summed E-state index contributed by atoms with van der Waals surface area (Å²) in [6.45, 7) is 12.7. The second-order valence-electron chi connectivity index (χ2n) is 10.2. The standard InChI is InChI=1S/C24H35N5O2S/c1-5-10-25-23(32)28-11-6-7-18(28)22-21-19(14-24(3,4)15-20(21)31)29(26-22)17-8-12-27(13-9-17)16(2)30/h5,17-18H,1,6-15H2,2-4H3,(H,25,32)/t18-/m1/s1. The van der Waals surface area contributed by atoms with Crippen molar-refractivity contribution in [2.45, 2.75) is 71.4 Å². The molecule has 1 amide bonds. The van der Waals surface area contributed by atoms with Gasteiger partial charge in [0.25, 0.3) is 0 Å². The third-order valence-electron chi connectivity index (χ3n) is 7.08. The van der Waals surface area contributed by atoms with Crippen LogP contribution in [0.1, 0.15) is 86.7 Å². The largest absolute Gasteiger partial charge is 0.359 e. The Balaban J connectivity index is 1.69. The first-order chi connectivity index (χ1) is 15.2. The monoisotopic (exact) mass is 457 g/mol. The average Bonchev–Trinajstić information content (AvgIpc) is 3.36. The Morgan fingerprint density at radius 2 is 1.97 bits per heavy atom. The van der Waals surface area contributed by atoms with E-state index in [0.717, 1.165) is 68.7 Å². The van der Waals surface area contributed by atoms with E-state index in [-0.39, 0.29) is 29.2 Å². The topological polar surface area (TPSA) is 70.5 Å². The molecule has 0 radical (unpaired) electrons. The molecule has 0 bridgehead atoms. The van der Waals surface area contributed by atoms with E-state index < -0.39 is 0 Å². The molecule has 0 aromatic carbocycles. The first kappa shape index (κ1) is 23.0. The van der Waals surface area contributed by atoms with Gasteiger partial charge in [-0.3, -0.25) is 14.3 Å². The third kappa shape index (κ3) is 4.34. The van der Waals surface area contributed by atoms with Gasteiger partial charge in [-0.1, -0.05) is 19.9 Å². The molecule has 0 spiro atoms. The highest BCUT2D eigenvalue weighted by Crippen LogP contribution is 2.42. The van der Waals surface area contributed by atoms with Gasteiger partial charge in [-0.05, 0) is 49.7 Å². The molecule has 8 heteroatoms. The second-order valence-corrected chi connectivity index (χ2v) is 10.5. The third-order valence-corrected chi connectivity index (χ3v) is 7.46. The lowest BCUT2D eigenvalue weighted by Crippen LogP contribution is -2.40. The highest BCUT2D eigenvalue weighted by molar-refractivity contribution is 7.80. The number of nitrogens with zero attached hydrogens (tertiary/aromatic N) is 4. The molecule has 1 N–H and O–H groups in total. The van der Waals surface area contributed by atoms with Crippen LogP contribution < -0.4 is 5.32 Å². The molecule has 2 saturated heterocycles. The van der Waals surface area contributed by atoms with Crippen molar-refractivity contribution in [2.75, 3.05) is 26.2 Å². The number of fused-ring (bicyclic) bond motifs is 1. The fourth-order valence-corrected chi connectivity index (χ4v) is 5.82. The number of thiocarbonyl (C=S) groups is 1. The van der Waals surface area contributed by atoms with Gasteiger partial charge in [0.05, 0.1) is 29.0 Å². The molecule has 0 saturated carbocycles. The van der Waals surface area contributed by atoms with Crippen molar-refractivity contribution in [2.24, 2.45) is 5.41 Å². The van der Waals surface area contributed by atoms with Gasteiger partial charge < -0.3 is 15.1 Å². The predicted octanol–water partition coefficient (Wildman–Crippen LogP) is 3.42. The van der Waals surface area contributed by atoms with Crippen LogP contribution in [-0.4, -0.2) is 62.6 Å². The van der Waals surface area contributed by atoms with Gasteiger partial charge in [-0.15, -0.1) is 6.58 Å². The summed E-state index contributed by atoms with van der Waals surface area (Å²) in [5.41, 5.74) is 2.74. The van der Waals surface area contributed by atoms with E-state index in [9.17, 15) is 9.59 Å². The van der Waals surface area contributed by atoms with Crippen LogP contribution in [0.25, 0.3) is 0 Å². The first-order valence-electron chi connectivity index (χ1n) is 11.8. The summed E-state index contributed by atoms with van der Waals surface area (Å²) in [6.07, 6.45) is 6.91. The molecule has 1 aromatic rings. The van der Waals surface area contributed by atoms with Crippen LogP contribution in [0, 0.1) is 5.41 Å². The summed E-state index contributed by atoms with van der Waals surface area (Å²) < 4.78 is 2.15. The number of carbonyl (C=O) groups is 2. The van der Waals surface area contributed by atoms with Crippen molar-refractivity contribution in [1.29, 1.82) is 0 Å². The maximum Gasteiger partial charge on any atom is 0.219 e. The average molecular weight is 458 g/mol. The Hall–Kier alpha value is -2.22. The van der Waals surface area contributed by atoms with Gasteiger partial charge in [0.15, 0.2) is 10.9 Å². The zero-order valence-corrected chi connectivity index (χ0v) is 20.3. The summed E-state index contributed by atoms with van der Waals surface area (Å²) in [4.78, 5) is 29.3. The number of likely N-dealkylation sites (tertiary alicyclic amines) is 2. The van der Waals surface area contributed by atoms with Crippen LogP contribution in [0.5, 0.6) is 0 Å². The number of piperidine rings is 1. The number of hydrogen-bond donors (Lipinski definition) is 1. The van der Waals surface area contributed by atoms with Gasteiger partial charge in [0, 0.05) is 39.5 Å². The Kier molecular flexibility index (Phi) is 6.43. The molecule has 4 rings (SSSR count). The summed E-state index contributed by atoms with van der Waals surface area (Å²) >= 11 is 5.66. The minimum Gasteiger partial charge on any atom is -0.359 e. The summed E-state index contributed by atoms with van der Waals surface area (Å²) in [7, 11) is 0. The van der Waals surface area contributed by atoms with Gasteiger partial charge in [-0.25, -0.2) is 0 Å². The Morgan fingerprint density at radius 1 is 1.25 bits per heavy atom. The van der Waals surface area contributed by atoms with Crippen LogP contribution in [0.15, 0.2) is 12.7 Å². The van der Waals surface area contributed by atoms with Crippen LogP contribution >= 0.6 is 12.2 Å². The predicted molar refractivity (Wildman–Crippen MR) is 129 cm³/mol. The van der Waals surface area contributed by atoms with E-state index in [0.29, 0.717) is 18.1 Å². The SMILES string of the molecule is C=CCNC(=S)N1CCC[C@@H]1c1nn(C2CCN(C(C)=O)CC2)c2c1C(=O)CC(C)(C)C2. The molecular weight excluding hydrogens is 422 g/mol. The van der Waals surface area contributed by atoms with Crippen molar-refractivity contribution in [3.63, 3.8) is 0 Å². The quantitative estimate of drug-likeness (QED) is 0.552. The number of nitrogens with one attached hydrogen (secondary N) is 1. The van der Waals surface area contributed by atoms with E-state index in [1.807, 2.05) is 4.90 Å². The molecule has 3 heterocycles. The molecule has 7 nitrogen and oxygen atoms in total. The summed E-state index contributed by atoms with van der Waals surface area (Å²) in [6, 6.07) is 0.243. The van der Waals surface area contributed by atoms with Crippen LogP contribution in [0.4, 0.5) is 0 Å². The maximum atomic E-state index is 13.4. The fraction of sp³-hybridized carbons (Fsp3) is 0.667. The Bertz CT molecular complexity index is 929. The molecular formula is C24H35N5O2S. The number of amides is 1. The highest BCUT2D eigenvalue weighted by atomic mass is 32.1. The molecule has 1 atom stereocenters. The van der Waals surface area contributed by atoms with E-state index in [2.05, 4.69) is 35.3 Å². The zero-order chi connectivity index (χ0) is 23.0. The number of aromatic nitrogens is 2. The van der Waals surface area contributed by atoms with Gasteiger partial charge in [0.2, 0.25) is 5.91 Å². The van der Waals surface area contributed by atoms with E-state index in [1.54, 1.807) is 13.0 Å². The minimum absolute atomic E-state index is 0.0253. The molecule has 2 fully saturated rings. The lowest BCUT2D eigenvalue weighted by molar-refractivity contribution is -0.130. The lowest BCUT2D eigenvalue weighted by atomic mass is 9.75. The first-order valence-corrected chi connectivity index (χ1v) is 12.2. The fourth-order valence-electron chi connectivity index (χ4n) is 5.52. The van der Waals surface area contributed by atoms with Gasteiger partial charge >= 0.3 is 0 Å². The molecule has 3 aliphatic rings. The second kappa shape index (κ2) is 8.96. The van der Waals surface area contributed by atoms with Gasteiger partial charge in [0.1, 0.15) is 0 Å². The van der Waals surface area contributed by atoms with E-state index >= 15 is 0 Å². The van der Waals surface area contributed by atoms with Crippen molar-refractivity contribution < 1.29 is 9.59 Å². The van der Waals surface area contributed by atoms with Crippen LogP contribution in [0.3, 0.4) is 0 Å². The number of carbonyl (C=O) groups excluding carboxylic acids is 2. The van der Waals surface area contributed by atoms with E-state index in [4.69, 9.17) is 17.3 Å². The van der Waals surface area contributed by atoms with Crippen LogP contribution in [-0.2, 0) is 11.2 Å². The van der Waals surface area contributed by atoms with Crippen molar-refractivity contribution >= 4 is 29.0 Å². The Labute approximate surface area is 196 Å². The Morgan fingerprint density at radius 3 is 2.62 bits per heavy atom. The van der Waals surface area contributed by atoms with Crippen molar-refractivity contribution in [1.82, 2.24) is 24.9 Å². The maximum absolute atomic E-state index is 13.4. The molecule has 1 aromatic heterocycles. The van der Waals surface area contributed by atoms with Crippen molar-refractivity contribution in [3.05, 3.63) is 29.6 Å². The molecule has 32 heavy (non-hydrogen) atoms. The number of Topliss-reactive ketones (excluding diaryl/α,β-unsaturated/α-hetero) is 1. The van der Waals surface area contributed by atoms with Gasteiger partial charge in [-0.2, -0.15) is 5.10 Å². The highest BCUT2D eigenvalue weighted by Gasteiger charge is 2.42. The number of rotatable bonds is 4. The number of ketones is 1. The summed E-state index contributed by atoms with van der Waals surface area (Å²) in [5.74, 6) is 0.334. The molecule has 1 aliphatic carbocycles. The number of hydrogen-bond acceptors (Lipinski definition) is 4. The minimum atomic E-state index is -0.0740. The summed E-state index contributed by atoms with van der Waals surface area (Å²) in [5, 5.41) is 9.09. The van der Waals surface area contributed by atoms with Crippen LogP contribution in [0.2, 0.25) is 0 Å². The normalized spacial score (nSPS) is 23.2. The molecule has 2 aliphatic heterocycles. The van der Waals surface area contributed by atoms with E-state index in [1.165, 1.54) is 0 Å². The smallest absolute Gasteiger partial charge is 0.219 e. The zero-order valence-electron chi connectivity index (χ0n) is 19.5. The van der Waals surface area contributed by atoms with Crippen molar-refractivity contribution in [3.8, 4) is 0 Å². The lowest BCUT2D eigenvalue weighted by Gasteiger charge is -2.34.